The van der Waals surface area contributed by atoms with Crippen molar-refractivity contribution in [3.05, 3.63) is 66.5 Å². The van der Waals surface area contributed by atoms with Crippen LogP contribution in [0, 0.1) is 11.8 Å². The maximum atomic E-state index is 13.9. The van der Waals surface area contributed by atoms with E-state index >= 15 is 0 Å². The van der Waals surface area contributed by atoms with Gasteiger partial charge in [-0.1, -0.05) is 12.1 Å². The van der Waals surface area contributed by atoms with Gasteiger partial charge in [0.1, 0.15) is 12.1 Å². The molecule has 2 fully saturated rings. The summed E-state index contributed by atoms with van der Waals surface area (Å²) in [5.41, 5.74) is 3.07. The zero-order valence-electron chi connectivity index (χ0n) is 22.9. The monoisotopic (exact) mass is 529 g/mol. The van der Waals surface area contributed by atoms with Crippen molar-refractivity contribution in [3.63, 3.8) is 0 Å². The van der Waals surface area contributed by atoms with Crippen LogP contribution in [0.2, 0.25) is 0 Å². The number of pyridine rings is 1. The number of carbonyl (C=O) groups excluding carboxylic acids is 1. The van der Waals surface area contributed by atoms with Gasteiger partial charge in [-0.05, 0) is 80.3 Å². The molecular formula is C31H39N5O3. The van der Waals surface area contributed by atoms with E-state index in [9.17, 15) is 9.90 Å². The second-order valence-corrected chi connectivity index (χ2v) is 11.0. The van der Waals surface area contributed by atoms with Gasteiger partial charge in [0.2, 0.25) is 11.8 Å². The number of aromatic nitrogens is 2. The van der Waals surface area contributed by atoms with Gasteiger partial charge in [0.15, 0.2) is 0 Å². The Morgan fingerprint density at radius 2 is 1.85 bits per heavy atom. The van der Waals surface area contributed by atoms with E-state index < -0.39 is 0 Å². The molecule has 0 atom stereocenters. The number of hydrogen-bond acceptors (Lipinski definition) is 7. The van der Waals surface area contributed by atoms with E-state index in [1.54, 1.807) is 12.5 Å². The molecule has 1 N–H and O–H groups in total. The molecule has 1 saturated heterocycles. The first-order valence-electron chi connectivity index (χ1n) is 14.0. The molecule has 1 aliphatic carbocycles. The van der Waals surface area contributed by atoms with Gasteiger partial charge in [-0.2, -0.15) is 0 Å². The number of aliphatic hydroxyl groups excluding tert-OH is 1. The fourth-order valence-electron chi connectivity index (χ4n) is 5.61. The van der Waals surface area contributed by atoms with Crippen molar-refractivity contribution in [1.82, 2.24) is 9.97 Å². The van der Waals surface area contributed by atoms with Crippen LogP contribution < -0.4 is 14.7 Å². The van der Waals surface area contributed by atoms with Crippen molar-refractivity contribution in [1.29, 1.82) is 0 Å². The molecule has 0 spiro atoms. The SMILES string of the molecule is CN(C)c1ccc(N2CCC(CN(C(=O)C3CCC(O)CC3)c3cccc(/C=C/c4ncco4)c3)CC2)cn1. The molecule has 3 heterocycles. The molecule has 0 unspecified atom stereocenters. The number of anilines is 3. The Morgan fingerprint density at radius 1 is 1.05 bits per heavy atom. The highest BCUT2D eigenvalue weighted by molar-refractivity contribution is 5.95. The number of aliphatic hydroxyl groups is 1. The van der Waals surface area contributed by atoms with E-state index in [4.69, 9.17) is 4.42 Å². The van der Waals surface area contributed by atoms with Crippen molar-refractivity contribution >= 4 is 35.3 Å². The normalized spacial score (nSPS) is 20.3. The van der Waals surface area contributed by atoms with Crippen LogP contribution in [0.15, 0.2) is 59.5 Å². The lowest BCUT2D eigenvalue weighted by atomic mass is 9.86. The third-order valence-corrected chi connectivity index (χ3v) is 7.97. The minimum absolute atomic E-state index is 0.0405. The zero-order chi connectivity index (χ0) is 27.2. The number of oxazole rings is 1. The fourth-order valence-corrected chi connectivity index (χ4v) is 5.61. The summed E-state index contributed by atoms with van der Waals surface area (Å²) in [4.78, 5) is 29.0. The van der Waals surface area contributed by atoms with Crippen LogP contribution >= 0.6 is 0 Å². The minimum atomic E-state index is -0.281. The van der Waals surface area contributed by atoms with Crippen molar-refractivity contribution in [3.8, 4) is 0 Å². The zero-order valence-corrected chi connectivity index (χ0v) is 22.9. The summed E-state index contributed by atoms with van der Waals surface area (Å²) in [6, 6.07) is 12.3. The molecule has 8 nitrogen and oxygen atoms in total. The molecule has 1 aromatic carbocycles. The standard InChI is InChI=1S/C31H39N5O3/c1-34(2)29-12-9-27(21-33-29)35-17-14-24(15-18-35)22-36(31(38)25-7-10-28(37)11-8-25)26-5-3-4-23(20-26)6-13-30-32-16-19-39-30/h3-6,9,12-13,16,19-21,24-25,28,37H,7-8,10-11,14-15,17-18,22H2,1-2H3/b13-6+. The van der Waals surface area contributed by atoms with E-state index in [2.05, 4.69) is 33.1 Å². The molecule has 1 aliphatic heterocycles. The van der Waals surface area contributed by atoms with Crippen LogP contribution in [-0.4, -0.2) is 60.8 Å². The van der Waals surface area contributed by atoms with E-state index in [0.29, 0.717) is 31.2 Å². The molecule has 0 bridgehead atoms. The number of carbonyl (C=O) groups is 1. The second-order valence-electron chi connectivity index (χ2n) is 11.0. The average Bonchev–Trinajstić information content (AvgIpc) is 3.49. The summed E-state index contributed by atoms with van der Waals surface area (Å²) in [5.74, 6) is 2.06. The average molecular weight is 530 g/mol. The predicted octanol–water partition coefficient (Wildman–Crippen LogP) is 5.11. The topological polar surface area (TPSA) is 85.9 Å². The maximum Gasteiger partial charge on any atom is 0.230 e. The van der Waals surface area contributed by atoms with Gasteiger partial charge in [0, 0.05) is 51.4 Å². The Morgan fingerprint density at radius 3 is 2.51 bits per heavy atom. The highest BCUT2D eigenvalue weighted by Gasteiger charge is 2.32. The fraction of sp³-hybridized carbons (Fsp3) is 0.452. The Kier molecular flexibility index (Phi) is 8.61. The molecule has 2 aromatic heterocycles. The quantitative estimate of drug-likeness (QED) is 0.434. The van der Waals surface area contributed by atoms with E-state index in [1.165, 1.54) is 0 Å². The molecule has 2 aliphatic rings. The third kappa shape index (κ3) is 6.87. The van der Waals surface area contributed by atoms with Gasteiger partial charge in [-0.15, -0.1) is 0 Å². The highest BCUT2D eigenvalue weighted by Crippen LogP contribution is 2.31. The number of hydrogen-bond donors (Lipinski definition) is 1. The molecule has 1 amide bonds. The van der Waals surface area contributed by atoms with E-state index in [-0.39, 0.29) is 17.9 Å². The summed E-state index contributed by atoms with van der Waals surface area (Å²) in [6.45, 7) is 2.60. The second kappa shape index (κ2) is 12.5. The van der Waals surface area contributed by atoms with Gasteiger partial charge in [0.05, 0.1) is 24.2 Å². The lowest BCUT2D eigenvalue weighted by Gasteiger charge is -2.37. The lowest BCUT2D eigenvalue weighted by molar-refractivity contribution is -0.124. The van der Waals surface area contributed by atoms with Crippen LogP contribution in [0.1, 0.15) is 50.0 Å². The van der Waals surface area contributed by atoms with Gasteiger partial charge in [-0.25, -0.2) is 9.97 Å². The first-order chi connectivity index (χ1) is 19.0. The molecule has 8 heteroatoms. The highest BCUT2D eigenvalue weighted by atomic mass is 16.3. The van der Waals surface area contributed by atoms with Crippen LogP contribution in [0.4, 0.5) is 17.2 Å². The van der Waals surface area contributed by atoms with Crippen LogP contribution in [-0.2, 0) is 4.79 Å². The van der Waals surface area contributed by atoms with Gasteiger partial charge < -0.3 is 24.2 Å². The lowest BCUT2D eigenvalue weighted by Crippen LogP contribution is -2.44. The van der Waals surface area contributed by atoms with Gasteiger partial charge in [0.25, 0.3) is 0 Å². The summed E-state index contributed by atoms with van der Waals surface area (Å²) in [6.07, 6.45) is 13.6. The van der Waals surface area contributed by atoms with Crippen LogP contribution in [0.25, 0.3) is 12.2 Å². The van der Waals surface area contributed by atoms with Crippen molar-refractivity contribution < 1.29 is 14.3 Å². The number of benzene rings is 1. The van der Waals surface area contributed by atoms with E-state index in [0.717, 1.165) is 61.5 Å². The Hall–Kier alpha value is -3.65. The van der Waals surface area contributed by atoms with Crippen LogP contribution in [0.5, 0.6) is 0 Å². The molecule has 5 rings (SSSR count). The third-order valence-electron chi connectivity index (χ3n) is 7.97. The first kappa shape index (κ1) is 26.9. The Bertz CT molecular complexity index is 1230. The first-order valence-corrected chi connectivity index (χ1v) is 14.0. The summed E-state index contributed by atoms with van der Waals surface area (Å²) in [5, 5.41) is 10.0. The number of piperidine rings is 1. The van der Waals surface area contributed by atoms with Crippen molar-refractivity contribution in [2.24, 2.45) is 11.8 Å². The minimum Gasteiger partial charge on any atom is -0.445 e. The molecule has 206 valence electrons. The Labute approximate surface area is 231 Å². The number of nitrogens with zero attached hydrogens (tertiary/aromatic N) is 5. The van der Waals surface area contributed by atoms with Gasteiger partial charge >= 0.3 is 0 Å². The van der Waals surface area contributed by atoms with Gasteiger partial charge in [-0.3, -0.25) is 4.79 Å². The molecule has 3 aromatic rings. The molecule has 1 saturated carbocycles. The Balaban J connectivity index is 1.29. The summed E-state index contributed by atoms with van der Waals surface area (Å²) < 4.78 is 5.32. The largest absolute Gasteiger partial charge is 0.445 e. The van der Waals surface area contributed by atoms with Crippen LogP contribution in [0.3, 0.4) is 0 Å². The maximum absolute atomic E-state index is 13.9. The number of rotatable bonds is 8. The number of amides is 1. The predicted molar refractivity (Wildman–Crippen MR) is 156 cm³/mol. The smallest absolute Gasteiger partial charge is 0.230 e. The van der Waals surface area contributed by atoms with E-state index in [1.807, 2.05) is 60.4 Å². The van der Waals surface area contributed by atoms with Crippen molar-refractivity contribution in [2.45, 2.75) is 44.6 Å². The summed E-state index contributed by atoms with van der Waals surface area (Å²) in [7, 11) is 4.00. The molecule has 39 heavy (non-hydrogen) atoms. The summed E-state index contributed by atoms with van der Waals surface area (Å²) >= 11 is 0. The molecule has 0 radical (unpaired) electrons. The molecular weight excluding hydrogens is 490 g/mol. The van der Waals surface area contributed by atoms with Crippen molar-refractivity contribution in [2.75, 3.05) is 48.4 Å².